The van der Waals surface area contributed by atoms with Gasteiger partial charge in [0, 0.05) is 0 Å². The largest absolute Gasteiger partial charge is 0.344 e. The molecule has 1 saturated carbocycles. The van der Waals surface area contributed by atoms with E-state index in [4.69, 9.17) is 0 Å². The quantitative estimate of drug-likeness (QED) is 0.672. The highest BCUT2D eigenvalue weighted by Gasteiger charge is 2.30. The van der Waals surface area contributed by atoms with Gasteiger partial charge in [-0.2, -0.15) is 0 Å². The van der Waals surface area contributed by atoms with E-state index in [2.05, 4.69) is 13.8 Å². The molecule has 1 nitrogen and oxygen atoms in total. The lowest BCUT2D eigenvalue weighted by molar-refractivity contribution is 0.252. The van der Waals surface area contributed by atoms with Crippen molar-refractivity contribution in [3.63, 3.8) is 0 Å². The molecule has 0 aromatic rings. The zero-order valence-corrected chi connectivity index (χ0v) is 8.86. The Balaban J connectivity index is 0.00000121. The normalized spacial score (nSPS) is 20.5. The number of rotatable bonds is 4. The van der Waals surface area contributed by atoms with Crippen molar-refractivity contribution in [3.05, 3.63) is 0 Å². The first-order valence-electron chi connectivity index (χ1n) is 5.33. The minimum Gasteiger partial charge on any atom is -0.344 e. The second-order valence-corrected chi connectivity index (χ2v) is 4.16. The fourth-order valence-corrected chi connectivity index (χ4v) is 2.46. The highest BCUT2D eigenvalue weighted by molar-refractivity contribution is 4.82. The summed E-state index contributed by atoms with van der Waals surface area (Å²) in [6.45, 7) is 4.68. The van der Waals surface area contributed by atoms with Crippen molar-refractivity contribution in [1.29, 1.82) is 0 Å². The zero-order chi connectivity index (χ0) is 8.16. The summed E-state index contributed by atoms with van der Waals surface area (Å²) in [7, 11) is 0. The van der Waals surface area contributed by atoms with Crippen LogP contribution in [0.5, 0.6) is 0 Å². The molecule has 1 fully saturated rings. The number of unbranched alkanes of at least 4 members (excludes halogenated alkanes) is 1. The Hall–Kier alpha value is -0.0400. The molecule has 0 spiro atoms. The van der Waals surface area contributed by atoms with Crippen molar-refractivity contribution in [1.82, 2.24) is 6.15 Å². The van der Waals surface area contributed by atoms with Crippen molar-refractivity contribution in [2.45, 2.75) is 65.2 Å². The first kappa shape index (κ1) is 12.0. The molecule has 1 aliphatic rings. The van der Waals surface area contributed by atoms with Crippen LogP contribution in [0.25, 0.3) is 0 Å². The monoisotopic (exact) mass is 171 g/mol. The molecule has 0 aliphatic heterocycles. The summed E-state index contributed by atoms with van der Waals surface area (Å²) in [5.74, 6) is 0. The van der Waals surface area contributed by atoms with Gasteiger partial charge in [0.2, 0.25) is 0 Å². The molecule has 1 aliphatic carbocycles. The Bertz CT molecular complexity index is 104. The standard InChI is InChI=1S/C11H22.H3N/c1-3-5-8-11(4-2)9-6-7-10-11;/h3-10H2,1-2H3;1H3. The first-order chi connectivity index (χ1) is 5.33. The van der Waals surface area contributed by atoms with Crippen LogP contribution in [0.15, 0.2) is 0 Å². The second kappa shape index (κ2) is 5.58. The molecule has 0 saturated heterocycles. The van der Waals surface area contributed by atoms with E-state index in [0.29, 0.717) is 0 Å². The van der Waals surface area contributed by atoms with Crippen LogP contribution in [-0.2, 0) is 0 Å². The summed E-state index contributed by atoms with van der Waals surface area (Å²) < 4.78 is 0. The topological polar surface area (TPSA) is 35.0 Å². The van der Waals surface area contributed by atoms with Crippen LogP contribution >= 0.6 is 0 Å². The molecule has 74 valence electrons. The van der Waals surface area contributed by atoms with Crippen LogP contribution in [0.3, 0.4) is 0 Å². The average molecular weight is 171 g/mol. The molecule has 0 unspecified atom stereocenters. The molecule has 1 heteroatoms. The first-order valence-corrected chi connectivity index (χ1v) is 5.33. The van der Waals surface area contributed by atoms with Crippen molar-refractivity contribution < 1.29 is 0 Å². The molecule has 3 N–H and O–H groups in total. The molecular formula is C11H25N. The van der Waals surface area contributed by atoms with Crippen LogP contribution in [0, 0.1) is 5.41 Å². The molecule has 0 radical (unpaired) electrons. The van der Waals surface area contributed by atoms with Crippen LogP contribution in [0.2, 0.25) is 0 Å². The smallest absolute Gasteiger partial charge is 0.0300 e. The van der Waals surface area contributed by atoms with Gasteiger partial charge >= 0.3 is 0 Å². The fraction of sp³-hybridized carbons (Fsp3) is 1.00. The molecule has 0 aromatic heterocycles. The van der Waals surface area contributed by atoms with Gasteiger partial charge in [0.05, 0.1) is 0 Å². The van der Waals surface area contributed by atoms with Crippen molar-refractivity contribution in [2.75, 3.05) is 0 Å². The molecule has 0 atom stereocenters. The third-order valence-electron chi connectivity index (χ3n) is 3.47. The third kappa shape index (κ3) is 2.78. The summed E-state index contributed by atoms with van der Waals surface area (Å²) in [5, 5.41) is 0. The highest BCUT2D eigenvalue weighted by atomic mass is 14.4. The van der Waals surface area contributed by atoms with E-state index in [1.165, 1.54) is 51.4 Å². The Morgan fingerprint density at radius 2 is 1.67 bits per heavy atom. The second-order valence-electron chi connectivity index (χ2n) is 4.16. The summed E-state index contributed by atoms with van der Waals surface area (Å²) in [6.07, 6.45) is 11.8. The van der Waals surface area contributed by atoms with Gasteiger partial charge in [-0.3, -0.25) is 0 Å². The molecule has 0 amide bonds. The minimum absolute atomic E-state index is 0. The fourth-order valence-electron chi connectivity index (χ4n) is 2.46. The van der Waals surface area contributed by atoms with Gasteiger partial charge in [-0.05, 0) is 24.7 Å². The maximum atomic E-state index is 2.38. The van der Waals surface area contributed by atoms with Crippen molar-refractivity contribution in [3.8, 4) is 0 Å². The highest BCUT2D eigenvalue weighted by Crippen LogP contribution is 2.44. The lowest BCUT2D eigenvalue weighted by atomic mass is 9.79. The SMILES string of the molecule is CCCCC1(CC)CCCC1.N. The van der Waals surface area contributed by atoms with Gasteiger partial charge in [0.1, 0.15) is 0 Å². The van der Waals surface area contributed by atoms with E-state index >= 15 is 0 Å². The van der Waals surface area contributed by atoms with Gasteiger partial charge in [0.25, 0.3) is 0 Å². The lowest BCUT2D eigenvalue weighted by Crippen LogP contribution is -2.14. The van der Waals surface area contributed by atoms with Gasteiger partial charge in [-0.25, -0.2) is 0 Å². The van der Waals surface area contributed by atoms with E-state index in [1.807, 2.05) is 0 Å². The zero-order valence-electron chi connectivity index (χ0n) is 8.86. The summed E-state index contributed by atoms with van der Waals surface area (Å²) in [4.78, 5) is 0. The third-order valence-corrected chi connectivity index (χ3v) is 3.47. The van der Waals surface area contributed by atoms with E-state index in [-0.39, 0.29) is 6.15 Å². The molecule has 0 aromatic carbocycles. The minimum atomic E-state index is 0. The van der Waals surface area contributed by atoms with Crippen molar-refractivity contribution in [2.24, 2.45) is 5.41 Å². The van der Waals surface area contributed by atoms with E-state index in [9.17, 15) is 0 Å². The molecule has 0 heterocycles. The summed E-state index contributed by atoms with van der Waals surface area (Å²) >= 11 is 0. The van der Waals surface area contributed by atoms with Gasteiger partial charge in [0.15, 0.2) is 0 Å². The summed E-state index contributed by atoms with van der Waals surface area (Å²) in [5.41, 5.74) is 0.788. The number of hydrogen-bond donors (Lipinski definition) is 1. The molecule has 12 heavy (non-hydrogen) atoms. The van der Waals surface area contributed by atoms with Crippen molar-refractivity contribution >= 4 is 0 Å². The van der Waals surface area contributed by atoms with Crippen LogP contribution in [-0.4, -0.2) is 0 Å². The van der Waals surface area contributed by atoms with E-state index < -0.39 is 0 Å². The van der Waals surface area contributed by atoms with Gasteiger partial charge in [-0.1, -0.05) is 46.0 Å². The predicted molar refractivity (Wildman–Crippen MR) is 55.7 cm³/mol. The molecule has 1 rings (SSSR count). The maximum absolute atomic E-state index is 2.38. The maximum Gasteiger partial charge on any atom is -0.0300 e. The van der Waals surface area contributed by atoms with E-state index in [0.717, 1.165) is 5.41 Å². The van der Waals surface area contributed by atoms with Crippen LogP contribution in [0.4, 0.5) is 0 Å². The van der Waals surface area contributed by atoms with Crippen LogP contribution < -0.4 is 6.15 Å². The van der Waals surface area contributed by atoms with E-state index in [1.54, 1.807) is 0 Å². The summed E-state index contributed by atoms with van der Waals surface area (Å²) in [6, 6.07) is 0. The predicted octanol–water partition coefficient (Wildman–Crippen LogP) is 4.31. The van der Waals surface area contributed by atoms with Gasteiger partial charge in [-0.15, -0.1) is 0 Å². The Morgan fingerprint density at radius 3 is 2.08 bits per heavy atom. The Morgan fingerprint density at radius 1 is 1.08 bits per heavy atom. The average Bonchev–Trinajstić information content (AvgIpc) is 2.50. The van der Waals surface area contributed by atoms with Crippen LogP contribution in [0.1, 0.15) is 65.2 Å². The van der Waals surface area contributed by atoms with Gasteiger partial charge < -0.3 is 6.15 Å². The Labute approximate surface area is 77.5 Å². The molecule has 0 bridgehead atoms. The lowest BCUT2D eigenvalue weighted by Gasteiger charge is -2.27. The Kier molecular flexibility index (Phi) is 5.56. The molecular weight excluding hydrogens is 146 g/mol. The number of hydrogen-bond acceptors (Lipinski definition) is 1.